The Kier molecular flexibility index (Phi) is 8.53. The van der Waals surface area contributed by atoms with Crippen LogP contribution in [0.25, 0.3) is 0 Å². The summed E-state index contributed by atoms with van der Waals surface area (Å²) in [6.45, 7) is 8.31. The van der Waals surface area contributed by atoms with Gasteiger partial charge in [0.15, 0.2) is 5.60 Å². The third-order valence-electron chi connectivity index (χ3n) is 5.56. The number of rotatable bonds is 11. The van der Waals surface area contributed by atoms with E-state index >= 15 is 0 Å². The number of ether oxygens (including phenoxy) is 2. The van der Waals surface area contributed by atoms with Gasteiger partial charge in [-0.3, -0.25) is 9.69 Å². The average molecular weight is 497 g/mol. The molecule has 0 unspecified atom stereocenters. The first-order valence-electron chi connectivity index (χ1n) is 11.3. The number of carbonyl (C=O) groups is 2. The molecule has 0 radical (unpaired) electrons. The Morgan fingerprint density at radius 2 is 1.77 bits per heavy atom. The van der Waals surface area contributed by atoms with E-state index in [2.05, 4.69) is 16.3 Å². The number of methoxy groups -OCH3 is 1. The van der Waals surface area contributed by atoms with Gasteiger partial charge in [-0.05, 0) is 80.1 Å². The maximum absolute atomic E-state index is 13.0. The van der Waals surface area contributed by atoms with Crippen molar-refractivity contribution >= 4 is 28.9 Å². The van der Waals surface area contributed by atoms with Crippen molar-refractivity contribution in [2.24, 2.45) is 0 Å². The Morgan fingerprint density at radius 1 is 1.06 bits per heavy atom. The van der Waals surface area contributed by atoms with E-state index in [4.69, 9.17) is 9.47 Å². The Labute approximate surface area is 210 Å². The van der Waals surface area contributed by atoms with Crippen LogP contribution in [0.3, 0.4) is 0 Å². The summed E-state index contributed by atoms with van der Waals surface area (Å²) < 4.78 is 11.0. The van der Waals surface area contributed by atoms with Gasteiger partial charge in [0.05, 0.1) is 13.7 Å². The second-order valence-electron chi connectivity index (χ2n) is 8.97. The van der Waals surface area contributed by atoms with Crippen LogP contribution >= 0.6 is 11.3 Å². The lowest BCUT2D eigenvalue weighted by molar-refractivity contribution is -0.152. The molecule has 35 heavy (non-hydrogen) atoms. The van der Waals surface area contributed by atoms with Crippen molar-refractivity contribution in [3.63, 3.8) is 0 Å². The van der Waals surface area contributed by atoms with Gasteiger partial charge in [0.1, 0.15) is 11.5 Å². The molecule has 3 aromatic rings. The average Bonchev–Trinajstić information content (AvgIpc) is 3.30. The van der Waals surface area contributed by atoms with Crippen LogP contribution in [-0.2, 0) is 22.7 Å². The molecule has 1 amide bonds. The van der Waals surface area contributed by atoms with Crippen molar-refractivity contribution < 1.29 is 24.2 Å². The fraction of sp³-hybridized carbons (Fsp3) is 0.333. The summed E-state index contributed by atoms with van der Waals surface area (Å²) in [5, 5.41) is 14.3. The summed E-state index contributed by atoms with van der Waals surface area (Å²) in [5.41, 5.74) is 2.34. The van der Waals surface area contributed by atoms with Crippen molar-refractivity contribution in [1.29, 1.82) is 0 Å². The van der Waals surface area contributed by atoms with Crippen LogP contribution < -0.4 is 14.8 Å². The molecule has 0 aliphatic rings. The van der Waals surface area contributed by atoms with Crippen molar-refractivity contribution in [3.05, 3.63) is 75.5 Å². The highest BCUT2D eigenvalue weighted by Gasteiger charge is 2.29. The monoisotopic (exact) mass is 496 g/mol. The molecule has 0 atom stereocenters. The largest absolute Gasteiger partial charge is 0.496 e. The lowest BCUT2D eigenvalue weighted by Crippen LogP contribution is -2.37. The lowest BCUT2D eigenvalue weighted by Gasteiger charge is -2.23. The number of benzene rings is 2. The predicted octanol–water partition coefficient (Wildman–Crippen LogP) is 5.26. The minimum atomic E-state index is -1.32. The minimum Gasteiger partial charge on any atom is -0.496 e. The van der Waals surface area contributed by atoms with Gasteiger partial charge in [0, 0.05) is 23.7 Å². The number of anilines is 1. The second-order valence-corrected chi connectivity index (χ2v) is 10.0. The second kappa shape index (κ2) is 11.4. The highest BCUT2D eigenvalue weighted by Crippen LogP contribution is 2.26. The molecule has 0 saturated carbocycles. The van der Waals surface area contributed by atoms with Crippen molar-refractivity contribution in [2.45, 2.75) is 46.4 Å². The number of nitrogens with one attached hydrogen (secondary N) is 1. The van der Waals surface area contributed by atoms with Gasteiger partial charge < -0.3 is 19.9 Å². The van der Waals surface area contributed by atoms with Gasteiger partial charge in [-0.2, -0.15) is 0 Å². The number of thiophene rings is 1. The molecule has 8 heteroatoms. The van der Waals surface area contributed by atoms with Gasteiger partial charge in [0.25, 0.3) is 0 Å². The Morgan fingerprint density at radius 3 is 2.37 bits per heavy atom. The number of aryl methyl sites for hydroxylation is 2. The minimum absolute atomic E-state index is 0.0996. The number of carboxylic acids is 1. The molecule has 0 aliphatic carbocycles. The SMILES string of the molecule is COc1cc(C)c(NC(=O)CN(Cc2ccc(OC(C)(C)C(=O)O)cc2)Cc2cccs2)cc1C. The topological polar surface area (TPSA) is 88.1 Å². The van der Waals surface area contributed by atoms with Crippen LogP contribution in [0, 0.1) is 13.8 Å². The third-order valence-corrected chi connectivity index (χ3v) is 6.42. The van der Waals surface area contributed by atoms with Crippen molar-refractivity contribution in [2.75, 3.05) is 19.0 Å². The van der Waals surface area contributed by atoms with Gasteiger partial charge in [0.2, 0.25) is 5.91 Å². The van der Waals surface area contributed by atoms with Crippen LogP contribution in [0.15, 0.2) is 53.9 Å². The normalized spacial score (nSPS) is 11.4. The smallest absolute Gasteiger partial charge is 0.347 e. The van der Waals surface area contributed by atoms with Gasteiger partial charge >= 0.3 is 5.97 Å². The Bertz CT molecular complexity index is 1160. The standard InChI is InChI=1S/C27H32N2O5S/c1-18-14-24(33-5)19(2)13-23(18)28-25(30)17-29(16-22-7-6-12-35-22)15-20-8-10-21(11-9-20)34-27(3,4)26(31)32/h6-14H,15-17H2,1-5H3,(H,28,30)(H,31,32). The number of hydrogen-bond donors (Lipinski definition) is 2. The Balaban J connectivity index is 1.71. The molecule has 186 valence electrons. The first-order chi connectivity index (χ1) is 16.6. The zero-order chi connectivity index (χ0) is 25.6. The molecule has 0 aliphatic heterocycles. The summed E-state index contributed by atoms with van der Waals surface area (Å²) >= 11 is 1.65. The van der Waals surface area contributed by atoms with Crippen LogP contribution in [0.4, 0.5) is 5.69 Å². The van der Waals surface area contributed by atoms with E-state index in [0.29, 0.717) is 18.8 Å². The predicted molar refractivity (Wildman–Crippen MR) is 138 cm³/mol. The van der Waals surface area contributed by atoms with E-state index in [9.17, 15) is 14.7 Å². The quantitative estimate of drug-likeness (QED) is 0.377. The maximum atomic E-state index is 13.0. The highest BCUT2D eigenvalue weighted by molar-refractivity contribution is 7.09. The van der Waals surface area contributed by atoms with E-state index in [1.54, 1.807) is 30.6 Å². The first kappa shape index (κ1) is 26.2. The third kappa shape index (κ3) is 7.31. The van der Waals surface area contributed by atoms with E-state index < -0.39 is 11.6 Å². The molecule has 1 heterocycles. The lowest BCUT2D eigenvalue weighted by atomic mass is 10.1. The highest BCUT2D eigenvalue weighted by atomic mass is 32.1. The molecule has 0 saturated heterocycles. The molecule has 1 aromatic heterocycles. The molecule has 7 nitrogen and oxygen atoms in total. The van der Waals surface area contributed by atoms with E-state index in [-0.39, 0.29) is 12.5 Å². The fourth-order valence-electron chi connectivity index (χ4n) is 3.59. The van der Waals surface area contributed by atoms with Gasteiger partial charge in [-0.1, -0.05) is 18.2 Å². The molecule has 3 rings (SSSR count). The number of hydrogen-bond acceptors (Lipinski definition) is 6. The number of carbonyl (C=O) groups excluding carboxylic acids is 1. The summed E-state index contributed by atoms with van der Waals surface area (Å²) in [5.74, 6) is 0.141. The van der Waals surface area contributed by atoms with Crippen molar-refractivity contribution in [1.82, 2.24) is 4.90 Å². The fourth-order valence-corrected chi connectivity index (χ4v) is 4.33. The number of nitrogens with zero attached hydrogens (tertiary/aromatic N) is 1. The van der Waals surface area contributed by atoms with E-state index in [1.807, 2.05) is 49.6 Å². The summed E-state index contributed by atoms with van der Waals surface area (Å²) in [6, 6.07) is 15.2. The maximum Gasteiger partial charge on any atom is 0.347 e. The first-order valence-corrected chi connectivity index (χ1v) is 12.2. The Hall–Kier alpha value is -3.36. The number of carboxylic acid groups (broad SMARTS) is 1. The molecule has 0 fully saturated rings. The molecule has 2 aromatic carbocycles. The molecular formula is C27H32N2O5S. The molecule has 0 bridgehead atoms. The van der Waals surface area contributed by atoms with Crippen LogP contribution in [0.5, 0.6) is 11.5 Å². The summed E-state index contributed by atoms with van der Waals surface area (Å²) in [7, 11) is 1.63. The summed E-state index contributed by atoms with van der Waals surface area (Å²) in [6.07, 6.45) is 0. The number of aliphatic carboxylic acids is 1. The van der Waals surface area contributed by atoms with E-state index in [1.165, 1.54) is 13.8 Å². The van der Waals surface area contributed by atoms with Crippen molar-refractivity contribution in [3.8, 4) is 11.5 Å². The summed E-state index contributed by atoms with van der Waals surface area (Å²) in [4.78, 5) is 27.5. The zero-order valence-corrected chi connectivity index (χ0v) is 21.6. The number of amides is 1. The molecule has 2 N–H and O–H groups in total. The van der Waals surface area contributed by atoms with Gasteiger partial charge in [-0.15, -0.1) is 11.3 Å². The van der Waals surface area contributed by atoms with Crippen LogP contribution in [-0.4, -0.2) is 41.1 Å². The van der Waals surface area contributed by atoms with E-state index in [0.717, 1.165) is 33.0 Å². The molecule has 0 spiro atoms. The zero-order valence-electron chi connectivity index (χ0n) is 20.8. The van der Waals surface area contributed by atoms with Gasteiger partial charge in [-0.25, -0.2) is 4.79 Å². The molecular weight excluding hydrogens is 464 g/mol. The van der Waals surface area contributed by atoms with Crippen LogP contribution in [0.1, 0.15) is 35.4 Å². The van der Waals surface area contributed by atoms with Crippen LogP contribution in [0.2, 0.25) is 0 Å².